The van der Waals surface area contributed by atoms with Gasteiger partial charge in [-0.05, 0) is 37.0 Å². The van der Waals surface area contributed by atoms with Crippen LogP contribution in [0.3, 0.4) is 0 Å². The second kappa shape index (κ2) is 7.09. The molecule has 0 spiro atoms. The van der Waals surface area contributed by atoms with Crippen LogP contribution in [0.15, 0.2) is 42.5 Å². The van der Waals surface area contributed by atoms with Crippen LogP contribution in [0.2, 0.25) is 0 Å². The van der Waals surface area contributed by atoms with Gasteiger partial charge in [0.15, 0.2) is 3.57 Å². The Hall–Kier alpha value is -0.830. The fraction of sp³-hybridized carbons (Fsp3) is 0.333. The molecule has 0 saturated heterocycles. The van der Waals surface area contributed by atoms with Crippen molar-refractivity contribution >= 4 is 0 Å². The molecule has 0 amide bonds. The van der Waals surface area contributed by atoms with Crippen molar-refractivity contribution in [2.45, 2.75) is 40.0 Å². The van der Waals surface area contributed by atoms with Crippen LogP contribution in [0.1, 0.15) is 37.5 Å². The smallest absolute Gasteiger partial charge is 0.0619 e. The highest BCUT2D eigenvalue weighted by molar-refractivity contribution is 5.30. The molecule has 0 unspecified atom stereocenters. The first-order chi connectivity index (χ1) is 9.28. The zero-order valence-corrected chi connectivity index (χ0v) is 14.2. The molecule has 100 valence electrons. The topological polar surface area (TPSA) is 0 Å². The highest BCUT2D eigenvalue weighted by Gasteiger charge is 2.23. The van der Waals surface area contributed by atoms with Crippen molar-refractivity contribution < 1.29 is 21.2 Å². The molecule has 0 N–H and O–H groups in total. The lowest BCUT2D eigenvalue weighted by Crippen LogP contribution is -3.62. The van der Waals surface area contributed by atoms with Gasteiger partial charge in [0.2, 0.25) is 3.57 Å². The summed E-state index contributed by atoms with van der Waals surface area (Å²) in [7, 11) is 0. The minimum atomic E-state index is -0.0455. The molecule has 0 aliphatic rings. The third-order valence-electron chi connectivity index (χ3n) is 3.39. The molecule has 0 saturated carbocycles. The molecule has 0 aliphatic carbocycles. The fourth-order valence-electron chi connectivity index (χ4n) is 2.25. The average Bonchev–Trinajstić information content (AvgIpc) is 2.48. The number of hydrogen-bond donors (Lipinski definition) is 0. The van der Waals surface area contributed by atoms with Gasteiger partial charge in [-0.2, -0.15) is 0 Å². The van der Waals surface area contributed by atoms with Crippen LogP contribution < -0.4 is 21.2 Å². The maximum Gasteiger partial charge on any atom is 0.358 e. The van der Waals surface area contributed by atoms with Gasteiger partial charge >= 0.3 is 21.2 Å². The minimum Gasteiger partial charge on any atom is -0.0619 e. The van der Waals surface area contributed by atoms with Crippen molar-refractivity contribution in [2.75, 3.05) is 0 Å². The minimum absolute atomic E-state index is 0.0455. The largest absolute Gasteiger partial charge is 0.358 e. The highest BCUT2D eigenvalue weighted by Crippen LogP contribution is 2.13. The molecule has 1 heteroatoms. The number of hydrogen-bond acceptors (Lipinski definition) is 0. The van der Waals surface area contributed by atoms with E-state index in [4.69, 9.17) is 0 Å². The Labute approximate surface area is 127 Å². The first-order valence-corrected chi connectivity index (χ1v) is 9.28. The van der Waals surface area contributed by atoms with Crippen molar-refractivity contribution in [2.24, 2.45) is 0 Å². The van der Waals surface area contributed by atoms with Gasteiger partial charge in [-0.1, -0.05) is 51.1 Å². The lowest BCUT2D eigenvalue weighted by atomic mass is 10.0. The summed E-state index contributed by atoms with van der Waals surface area (Å²) in [6.45, 7) is 6.82. The number of rotatable bonds is 5. The molecule has 19 heavy (non-hydrogen) atoms. The lowest BCUT2D eigenvalue weighted by Gasteiger charge is -2.07. The van der Waals surface area contributed by atoms with Gasteiger partial charge in [0.05, 0.1) is 0 Å². The molecule has 0 bridgehead atoms. The summed E-state index contributed by atoms with van der Waals surface area (Å²) in [5, 5.41) is 0. The molecule has 2 aromatic carbocycles. The molecule has 2 rings (SSSR count). The summed E-state index contributed by atoms with van der Waals surface area (Å²) < 4.78 is 3.18. The van der Waals surface area contributed by atoms with Crippen LogP contribution in [-0.4, -0.2) is 0 Å². The van der Waals surface area contributed by atoms with E-state index in [1.54, 1.807) is 14.7 Å². The molecular weight excluding hydrogens is 343 g/mol. The number of benzene rings is 2. The van der Waals surface area contributed by atoms with Gasteiger partial charge < -0.3 is 0 Å². The summed E-state index contributed by atoms with van der Waals surface area (Å²) in [6.07, 6.45) is 3.45. The van der Waals surface area contributed by atoms with E-state index in [0.29, 0.717) is 0 Å². The van der Waals surface area contributed by atoms with E-state index in [-0.39, 0.29) is 21.2 Å². The zero-order chi connectivity index (χ0) is 13.7. The van der Waals surface area contributed by atoms with Crippen LogP contribution in [0.25, 0.3) is 0 Å². The highest BCUT2D eigenvalue weighted by atomic mass is 127. The van der Waals surface area contributed by atoms with Gasteiger partial charge in [-0.15, -0.1) is 0 Å². The van der Waals surface area contributed by atoms with Gasteiger partial charge in [-0.3, -0.25) is 0 Å². The standard InChI is InChI=1S/C18H22I/c1-4-14-12-15(5-2)18(16(6-3)13-14)19-17-10-8-7-9-11-17/h7-13H,4-6H2,1-3H3/q+1. The summed E-state index contributed by atoms with van der Waals surface area (Å²) in [5.41, 5.74) is 4.65. The van der Waals surface area contributed by atoms with E-state index >= 15 is 0 Å². The van der Waals surface area contributed by atoms with E-state index in [1.807, 2.05) is 0 Å². The van der Waals surface area contributed by atoms with E-state index < -0.39 is 0 Å². The molecule has 0 nitrogen and oxygen atoms in total. The molecule has 0 radical (unpaired) electrons. The molecular formula is C18H22I+. The predicted octanol–water partition coefficient (Wildman–Crippen LogP) is 1.50. The Morgan fingerprint density at radius 1 is 0.789 bits per heavy atom. The van der Waals surface area contributed by atoms with Crippen molar-refractivity contribution in [1.82, 2.24) is 0 Å². The number of halogens is 1. The van der Waals surface area contributed by atoms with Crippen molar-refractivity contribution in [3.63, 3.8) is 0 Å². The van der Waals surface area contributed by atoms with Crippen LogP contribution in [0.5, 0.6) is 0 Å². The molecule has 0 aliphatic heterocycles. The van der Waals surface area contributed by atoms with Crippen molar-refractivity contribution in [3.05, 3.63) is 66.3 Å². The first-order valence-electron chi connectivity index (χ1n) is 7.13. The summed E-state index contributed by atoms with van der Waals surface area (Å²) in [6, 6.07) is 15.8. The van der Waals surface area contributed by atoms with Gasteiger partial charge in [-0.25, -0.2) is 0 Å². The molecule has 0 aromatic heterocycles. The SMILES string of the molecule is CCc1cc(CC)c([I+]c2ccccc2)c(CC)c1. The molecule has 0 heterocycles. The predicted molar refractivity (Wildman–Crippen MR) is 78.4 cm³/mol. The summed E-state index contributed by atoms with van der Waals surface area (Å²) in [4.78, 5) is 0. The van der Waals surface area contributed by atoms with E-state index in [0.717, 1.165) is 19.3 Å². The van der Waals surface area contributed by atoms with Crippen LogP contribution in [0, 0.1) is 7.14 Å². The quantitative estimate of drug-likeness (QED) is 0.705. The Balaban J connectivity index is 2.42. The second-order valence-corrected chi connectivity index (χ2v) is 7.54. The van der Waals surface area contributed by atoms with Crippen LogP contribution >= 0.6 is 0 Å². The third-order valence-corrected chi connectivity index (χ3v) is 6.66. The first kappa shape index (κ1) is 14.6. The average molecular weight is 365 g/mol. The molecule has 2 aromatic rings. The van der Waals surface area contributed by atoms with Gasteiger partial charge in [0, 0.05) is 11.1 Å². The number of aryl methyl sites for hydroxylation is 3. The van der Waals surface area contributed by atoms with Crippen molar-refractivity contribution in [1.29, 1.82) is 0 Å². The second-order valence-electron chi connectivity index (χ2n) is 4.68. The van der Waals surface area contributed by atoms with E-state index in [9.17, 15) is 0 Å². The van der Waals surface area contributed by atoms with Crippen molar-refractivity contribution in [3.8, 4) is 0 Å². The monoisotopic (exact) mass is 365 g/mol. The maximum atomic E-state index is 2.43. The van der Waals surface area contributed by atoms with Crippen LogP contribution in [0.4, 0.5) is 0 Å². The Kier molecular flexibility index (Phi) is 5.44. The third kappa shape index (κ3) is 3.59. The Morgan fingerprint density at radius 3 is 1.84 bits per heavy atom. The zero-order valence-electron chi connectivity index (χ0n) is 12.0. The summed E-state index contributed by atoms with van der Waals surface area (Å²) in [5.74, 6) is 0. The molecule has 0 atom stereocenters. The van der Waals surface area contributed by atoms with E-state index in [2.05, 4.69) is 63.2 Å². The lowest BCUT2D eigenvalue weighted by molar-refractivity contribution is -0.599. The summed E-state index contributed by atoms with van der Waals surface area (Å²) >= 11 is -0.0455. The Bertz CT molecular complexity index is 504. The maximum absolute atomic E-state index is 2.43. The normalized spacial score (nSPS) is 10.7. The molecule has 0 fully saturated rings. The van der Waals surface area contributed by atoms with Crippen LogP contribution in [-0.2, 0) is 19.3 Å². The van der Waals surface area contributed by atoms with E-state index in [1.165, 1.54) is 9.13 Å². The fourth-order valence-corrected chi connectivity index (χ4v) is 5.41. The van der Waals surface area contributed by atoms with Gasteiger partial charge in [0.25, 0.3) is 0 Å². The van der Waals surface area contributed by atoms with Gasteiger partial charge in [0.1, 0.15) is 0 Å². The Morgan fingerprint density at radius 2 is 1.37 bits per heavy atom.